The van der Waals surface area contributed by atoms with Crippen LogP contribution < -0.4 is 0 Å². The molecule has 8 saturated carbocycles. The Hall–Kier alpha value is -2.90. The summed E-state index contributed by atoms with van der Waals surface area (Å²) in [5, 5.41) is 39.4. The van der Waals surface area contributed by atoms with Crippen molar-refractivity contribution in [1.29, 1.82) is 0 Å². The third kappa shape index (κ3) is 12.3. The molecule has 0 heterocycles. The molecule has 8 fully saturated rings. The summed E-state index contributed by atoms with van der Waals surface area (Å²) in [6, 6.07) is 0. The number of hydrogen-bond donors (Lipinski definition) is 4. The highest BCUT2D eigenvalue weighted by Crippen LogP contribution is 2.68. The van der Waals surface area contributed by atoms with Crippen molar-refractivity contribution in [2.45, 2.75) is 303 Å². The Bertz CT molecular complexity index is 2610. The Morgan fingerprint density at radius 3 is 1.48 bits per heavy atom. The fourth-order valence-electron chi connectivity index (χ4n) is 25.0. The van der Waals surface area contributed by atoms with Gasteiger partial charge in [0, 0.05) is 0 Å². The molecule has 8 heteroatoms. The molecule has 0 radical (unpaired) electrons. The lowest BCUT2D eigenvalue weighted by Crippen LogP contribution is -2.56. The Morgan fingerprint density at radius 2 is 0.932 bits per heavy atom. The summed E-state index contributed by atoms with van der Waals surface area (Å²) >= 11 is 0. The highest BCUT2D eigenvalue weighted by molar-refractivity contribution is 5.76. The van der Waals surface area contributed by atoms with Crippen LogP contribution in [0, 0.1) is 138 Å². The number of aliphatic carboxylic acids is 4. The quantitative estimate of drug-likeness (QED) is 0.176. The number of allylic oxidation sites excluding steroid dienone is 6. The van der Waals surface area contributed by atoms with E-state index in [1.165, 1.54) is 109 Å². The molecule has 0 aromatic carbocycles. The van der Waals surface area contributed by atoms with Crippen molar-refractivity contribution in [2.24, 2.45) is 138 Å². The van der Waals surface area contributed by atoms with Crippen molar-refractivity contribution < 1.29 is 39.6 Å². The fourth-order valence-corrected chi connectivity index (χ4v) is 25.0. The van der Waals surface area contributed by atoms with E-state index < -0.39 is 45.5 Å². The van der Waals surface area contributed by atoms with Crippen molar-refractivity contribution >= 4 is 23.9 Å². The molecule has 12 aliphatic carbocycles. The minimum absolute atomic E-state index is 0.154. The molecule has 0 aromatic rings. The van der Waals surface area contributed by atoms with Crippen LogP contribution in [0.5, 0.6) is 0 Å². The maximum absolute atomic E-state index is 12.0. The predicted octanol–water partition coefficient (Wildman–Crippen LogP) is 21.4. The highest BCUT2D eigenvalue weighted by Gasteiger charge is 2.62. The second-order valence-electron chi connectivity index (χ2n) is 36.2. The van der Waals surface area contributed by atoms with Gasteiger partial charge >= 0.3 is 23.9 Å². The molecule has 12 aliphatic rings. The standard InChI is InChI=1S/C20H34O2.3C20H32O2/c4*1-13(2)14-6-8-16-15(12-14)7-9-17-19(16,3)10-5-11-20(17,4)18(21)22/h13-17H,5-12H2,1-4H3,(H,21,22);13-14,17H,5-12H2,1-4H3,(H,21,22);12-13,15-17H,5-11H2,1-4H3,(H,21,22);7,13-14,16-17H,5-6,8-12H2,1-4H3,(H,21,22). The molecule has 0 spiro atoms. The van der Waals surface area contributed by atoms with E-state index in [0.29, 0.717) is 47.3 Å². The van der Waals surface area contributed by atoms with Crippen LogP contribution in [0.15, 0.2) is 34.4 Å². The molecular weight excluding hydrogens is 1090 g/mol. The molecule has 0 amide bonds. The molecule has 4 N–H and O–H groups in total. The lowest BCUT2D eigenvalue weighted by Gasteiger charge is -2.60. The first kappa shape index (κ1) is 69.4. The fraction of sp³-hybridized carbons (Fsp3) is 0.875. The molecule has 0 saturated heterocycles. The van der Waals surface area contributed by atoms with E-state index in [1.807, 2.05) is 27.7 Å². The molecule has 0 bridgehead atoms. The second-order valence-corrected chi connectivity index (χ2v) is 36.2. The van der Waals surface area contributed by atoms with Gasteiger partial charge in [-0.15, -0.1) is 0 Å². The van der Waals surface area contributed by atoms with Crippen LogP contribution in [-0.4, -0.2) is 44.3 Å². The van der Waals surface area contributed by atoms with Gasteiger partial charge in [0.2, 0.25) is 0 Å². The van der Waals surface area contributed by atoms with Crippen LogP contribution >= 0.6 is 0 Å². The van der Waals surface area contributed by atoms with Gasteiger partial charge in [0.05, 0.1) is 21.7 Å². The zero-order chi connectivity index (χ0) is 64.5. The van der Waals surface area contributed by atoms with Gasteiger partial charge in [-0.25, -0.2) is 0 Å². The predicted molar refractivity (Wildman–Crippen MR) is 358 cm³/mol. The van der Waals surface area contributed by atoms with Gasteiger partial charge in [-0.2, -0.15) is 0 Å². The number of carboxylic acid groups (broad SMARTS) is 4. The van der Waals surface area contributed by atoms with E-state index in [9.17, 15) is 39.6 Å². The van der Waals surface area contributed by atoms with Crippen molar-refractivity contribution in [2.75, 3.05) is 0 Å². The minimum Gasteiger partial charge on any atom is -0.481 e. The van der Waals surface area contributed by atoms with Gasteiger partial charge in [-0.3, -0.25) is 19.2 Å². The lowest BCUT2D eigenvalue weighted by atomic mass is 9.43. The van der Waals surface area contributed by atoms with Gasteiger partial charge in [0.25, 0.3) is 0 Å². The van der Waals surface area contributed by atoms with Crippen LogP contribution in [0.3, 0.4) is 0 Å². The number of hydrogen-bond acceptors (Lipinski definition) is 4. The van der Waals surface area contributed by atoms with Crippen molar-refractivity contribution in [1.82, 2.24) is 0 Å². The number of fused-ring (bicyclic) bond motifs is 11. The summed E-state index contributed by atoms with van der Waals surface area (Å²) < 4.78 is 0. The summed E-state index contributed by atoms with van der Waals surface area (Å²) in [6.45, 7) is 36.5. The van der Waals surface area contributed by atoms with Crippen molar-refractivity contribution in [3.05, 3.63) is 34.4 Å². The van der Waals surface area contributed by atoms with Crippen molar-refractivity contribution in [3.8, 4) is 0 Å². The maximum atomic E-state index is 12.0. The molecule has 8 nitrogen and oxygen atoms in total. The zero-order valence-electron chi connectivity index (χ0n) is 59.0. The van der Waals surface area contributed by atoms with Crippen LogP contribution in [0.25, 0.3) is 0 Å². The monoisotopic (exact) mass is 1220 g/mol. The van der Waals surface area contributed by atoms with E-state index in [1.54, 1.807) is 22.3 Å². The molecule has 0 aliphatic heterocycles. The summed E-state index contributed by atoms with van der Waals surface area (Å²) in [6.07, 6.45) is 39.9. The molecule has 0 aromatic heterocycles. The smallest absolute Gasteiger partial charge is 0.309 e. The Balaban J connectivity index is 0.000000140. The van der Waals surface area contributed by atoms with Gasteiger partial charge in [-0.05, 0) is 311 Å². The number of carbonyl (C=O) groups is 4. The first-order chi connectivity index (χ1) is 41.1. The first-order valence-electron chi connectivity index (χ1n) is 37.2. The third-order valence-electron chi connectivity index (χ3n) is 30.7. The SMILES string of the molecule is CC(C)C1=CC2CCC3C(C)(C(=O)O)CCCC3(C)C2CC1.CC(C)C1CCC2=C(CCC3C(C)(C(=O)O)CCCC23C)C1.CC(C)C1CCC2C(=CCC3C(C)(C(=O)O)CCCC23C)C1.CC(C)C1CCC2C(CCC3C(C)(C(=O)O)CCCC23C)C1. The minimum atomic E-state index is -0.573. The van der Waals surface area contributed by atoms with Gasteiger partial charge < -0.3 is 20.4 Å². The van der Waals surface area contributed by atoms with Crippen molar-refractivity contribution in [3.63, 3.8) is 0 Å². The van der Waals surface area contributed by atoms with E-state index in [4.69, 9.17) is 0 Å². The molecule has 20 atom stereocenters. The molecular formula is C80H130O8. The topological polar surface area (TPSA) is 149 Å². The first-order valence-corrected chi connectivity index (χ1v) is 37.2. The number of rotatable bonds is 8. The van der Waals surface area contributed by atoms with Crippen LogP contribution in [0.2, 0.25) is 0 Å². The highest BCUT2D eigenvalue weighted by atomic mass is 16.4. The normalized spacial score (nSPS) is 45.1. The van der Waals surface area contributed by atoms with Gasteiger partial charge in [0.15, 0.2) is 0 Å². The summed E-state index contributed by atoms with van der Waals surface area (Å²) in [7, 11) is 0. The van der Waals surface area contributed by atoms with E-state index in [-0.39, 0.29) is 21.7 Å². The van der Waals surface area contributed by atoms with Crippen LogP contribution in [0.1, 0.15) is 303 Å². The van der Waals surface area contributed by atoms with E-state index >= 15 is 0 Å². The number of carboxylic acids is 4. The van der Waals surface area contributed by atoms with Crippen LogP contribution in [0.4, 0.5) is 0 Å². The molecule has 88 heavy (non-hydrogen) atoms. The van der Waals surface area contributed by atoms with Gasteiger partial charge in [0.1, 0.15) is 0 Å². The van der Waals surface area contributed by atoms with E-state index in [2.05, 4.69) is 95.2 Å². The Morgan fingerprint density at radius 1 is 0.443 bits per heavy atom. The molecule has 12 rings (SSSR count). The zero-order valence-corrected chi connectivity index (χ0v) is 59.0. The average Bonchev–Trinajstić information content (AvgIpc) is 1.20. The van der Waals surface area contributed by atoms with Gasteiger partial charge in [-0.1, -0.05) is 143 Å². The largest absolute Gasteiger partial charge is 0.481 e. The summed E-state index contributed by atoms with van der Waals surface area (Å²) in [5.74, 6) is 8.42. The average molecular weight is 1220 g/mol. The maximum Gasteiger partial charge on any atom is 0.309 e. The van der Waals surface area contributed by atoms with E-state index in [0.717, 1.165) is 131 Å². The Kier molecular flexibility index (Phi) is 20.6. The third-order valence-corrected chi connectivity index (χ3v) is 30.7. The summed E-state index contributed by atoms with van der Waals surface area (Å²) in [5.41, 5.74) is 5.53. The summed E-state index contributed by atoms with van der Waals surface area (Å²) in [4.78, 5) is 47.8. The van der Waals surface area contributed by atoms with Crippen LogP contribution in [-0.2, 0) is 19.2 Å². The second kappa shape index (κ2) is 26.1. The Labute approximate surface area is 536 Å². The lowest BCUT2D eigenvalue weighted by molar-refractivity contribution is -0.173. The molecule has 498 valence electrons. The molecule has 20 unspecified atom stereocenters.